The predicted molar refractivity (Wildman–Crippen MR) is 79.9 cm³/mol. The Morgan fingerprint density at radius 3 is 2.65 bits per heavy atom. The van der Waals surface area contributed by atoms with Crippen LogP contribution in [0.1, 0.15) is 18.4 Å². The van der Waals surface area contributed by atoms with Crippen molar-refractivity contribution in [3.63, 3.8) is 0 Å². The summed E-state index contributed by atoms with van der Waals surface area (Å²) in [7, 11) is -3.43. The fraction of sp³-hybridized carbons (Fsp3) is 0.467. The average Bonchev–Trinajstić information content (AvgIpc) is 2.84. The van der Waals surface area contributed by atoms with Crippen LogP contribution in [-0.2, 0) is 16.4 Å². The molecule has 20 heavy (non-hydrogen) atoms. The zero-order valence-electron chi connectivity index (χ0n) is 11.5. The van der Waals surface area contributed by atoms with E-state index in [1.807, 2.05) is 35.2 Å². The Hall–Kier alpha value is -1.17. The van der Waals surface area contributed by atoms with Crippen molar-refractivity contribution in [2.75, 3.05) is 18.9 Å². The number of rotatable bonds is 6. The van der Waals surface area contributed by atoms with E-state index in [1.54, 1.807) is 0 Å². The molecule has 0 amide bonds. The molecular weight excluding hydrogens is 274 g/mol. The van der Waals surface area contributed by atoms with Crippen molar-refractivity contribution in [1.29, 1.82) is 0 Å². The van der Waals surface area contributed by atoms with E-state index in [-0.39, 0.29) is 12.4 Å². The van der Waals surface area contributed by atoms with E-state index in [1.165, 1.54) is 6.08 Å². The Bertz CT molecular complexity index is 556. The van der Waals surface area contributed by atoms with Crippen LogP contribution in [0.25, 0.3) is 0 Å². The molecule has 1 fully saturated rings. The highest BCUT2D eigenvalue weighted by Gasteiger charge is 2.50. The largest absolute Gasteiger partial charge is 0.393 e. The molecule has 0 radical (unpaired) electrons. The van der Waals surface area contributed by atoms with Crippen molar-refractivity contribution in [2.45, 2.75) is 24.3 Å². The molecule has 1 aliphatic heterocycles. The summed E-state index contributed by atoms with van der Waals surface area (Å²) in [6.07, 6.45) is 2.65. The van der Waals surface area contributed by atoms with Gasteiger partial charge in [-0.2, -0.15) is 0 Å². The number of hydrogen-bond acceptors (Lipinski definition) is 4. The van der Waals surface area contributed by atoms with Gasteiger partial charge in [-0.3, -0.25) is 4.90 Å². The maximum atomic E-state index is 12.5. The molecule has 1 atom stereocenters. The lowest BCUT2D eigenvalue weighted by Crippen LogP contribution is -2.53. The Labute approximate surface area is 120 Å². The summed E-state index contributed by atoms with van der Waals surface area (Å²) >= 11 is 0. The van der Waals surface area contributed by atoms with Gasteiger partial charge in [-0.1, -0.05) is 36.4 Å². The van der Waals surface area contributed by atoms with E-state index in [9.17, 15) is 13.5 Å². The van der Waals surface area contributed by atoms with Crippen LogP contribution in [0.5, 0.6) is 0 Å². The third kappa shape index (κ3) is 2.66. The van der Waals surface area contributed by atoms with Crippen molar-refractivity contribution >= 4 is 9.84 Å². The maximum absolute atomic E-state index is 12.5. The molecule has 0 spiro atoms. The topological polar surface area (TPSA) is 57.6 Å². The smallest absolute Gasteiger partial charge is 0.175 e. The minimum atomic E-state index is -3.43. The van der Waals surface area contributed by atoms with Gasteiger partial charge in [0.25, 0.3) is 0 Å². The van der Waals surface area contributed by atoms with Gasteiger partial charge in [0.15, 0.2) is 9.84 Å². The SMILES string of the molecule is C=CCS(=O)(=O)[C@]1(CO)CCCN1Cc1ccccc1. The molecule has 1 aromatic carbocycles. The van der Waals surface area contributed by atoms with Crippen LogP contribution in [0.2, 0.25) is 0 Å². The molecule has 0 saturated carbocycles. The zero-order chi connectivity index (χ0) is 14.6. The molecule has 110 valence electrons. The number of aliphatic hydroxyl groups excluding tert-OH is 1. The first kappa shape index (κ1) is 15.2. The van der Waals surface area contributed by atoms with Crippen LogP contribution in [0.15, 0.2) is 43.0 Å². The molecule has 0 aliphatic carbocycles. The minimum absolute atomic E-state index is 0.0984. The van der Waals surface area contributed by atoms with Gasteiger partial charge in [-0.15, -0.1) is 6.58 Å². The van der Waals surface area contributed by atoms with Crippen molar-refractivity contribution in [3.05, 3.63) is 48.6 Å². The van der Waals surface area contributed by atoms with E-state index in [2.05, 4.69) is 6.58 Å². The highest BCUT2D eigenvalue weighted by Crippen LogP contribution is 2.36. The monoisotopic (exact) mass is 295 g/mol. The molecule has 0 bridgehead atoms. The summed E-state index contributed by atoms with van der Waals surface area (Å²) in [5, 5.41) is 9.77. The molecule has 1 aromatic rings. The summed E-state index contributed by atoms with van der Waals surface area (Å²) in [6, 6.07) is 9.75. The second-order valence-corrected chi connectivity index (χ2v) is 7.51. The van der Waals surface area contributed by atoms with Crippen molar-refractivity contribution < 1.29 is 13.5 Å². The van der Waals surface area contributed by atoms with Gasteiger partial charge in [0.1, 0.15) is 4.87 Å². The van der Waals surface area contributed by atoms with Crippen LogP contribution in [0, 0.1) is 0 Å². The second kappa shape index (κ2) is 6.08. The van der Waals surface area contributed by atoms with E-state index in [0.717, 1.165) is 12.0 Å². The summed E-state index contributed by atoms with van der Waals surface area (Å²) in [6.45, 7) is 4.37. The lowest BCUT2D eigenvalue weighted by Gasteiger charge is -2.36. The lowest BCUT2D eigenvalue weighted by atomic mass is 10.2. The van der Waals surface area contributed by atoms with Gasteiger partial charge in [0.05, 0.1) is 12.4 Å². The number of benzene rings is 1. The third-order valence-electron chi connectivity index (χ3n) is 3.95. The number of sulfone groups is 1. The third-order valence-corrected chi connectivity index (χ3v) is 6.38. The van der Waals surface area contributed by atoms with E-state index in [0.29, 0.717) is 19.5 Å². The summed E-state index contributed by atoms with van der Waals surface area (Å²) in [4.78, 5) is 0.734. The van der Waals surface area contributed by atoms with E-state index in [4.69, 9.17) is 0 Å². The van der Waals surface area contributed by atoms with Gasteiger partial charge in [0, 0.05) is 13.1 Å². The average molecular weight is 295 g/mol. The molecule has 0 aromatic heterocycles. The van der Waals surface area contributed by atoms with Crippen molar-refractivity contribution in [2.24, 2.45) is 0 Å². The van der Waals surface area contributed by atoms with Crippen LogP contribution < -0.4 is 0 Å². The highest BCUT2D eigenvalue weighted by atomic mass is 32.2. The number of likely N-dealkylation sites (tertiary alicyclic amines) is 1. The Morgan fingerprint density at radius 2 is 2.05 bits per heavy atom. The summed E-state index contributed by atoms with van der Waals surface area (Å²) in [5.74, 6) is -0.0984. The molecular formula is C15H21NO3S. The molecule has 1 heterocycles. The maximum Gasteiger partial charge on any atom is 0.175 e. The number of aliphatic hydroxyl groups is 1. The quantitative estimate of drug-likeness (QED) is 0.809. The van der Waals surface area contributed by atoms with Gasteiger partial charge < -0.3 is 5.11 Å². The Kier molecular flexibility index (Phi) is 4.62. The Morgan fingerprint density at radius 1 is 1.35 bits per heavy atom. The molecule has 2 rings (SSSR count). The van der Waals surface area contributed by atoms with Crippen molar-refractivity contribution in [3.8, 4) is 0 Å². The molecule has 1 saturated heterocycles. The Balaban J connectivity index is 2.30. The van der Waals surface area contributed by atoms with Crippen LogP contribution >= 0.6 is 0 Å². The van der Waals surface area contributed by atoms with Crippen LogP contribution in [0.3, 0.4) is 0 Å². The molecule has 5 heteroatoms. The summed E-state index contributed by atoms with van der Waals surface area (Å²) < 4.78 is 25.0. The zero-order valence-corrected chi connectivity index (χ0v) is 12.3. The fourth-order valence-electron chi connectivity index (χ4n) is 2.87. The second-order valence-electron chi connectivity index (χ2n) is 5.19. The lowest BCUT2D eigenvalue weighted by molar-refractivity contribution is 0.120. The van der Waals surface area contributed by atoms with Gasteiger partial charge in [-0.05, 0) is 18.4 Å². The van der Waals surface area contributed by atoms with E-state index >= 15 is 0 Å². The molecule has 0 unspecified atom stereocenters. The first-order chi connectivity index (χ1) is 9.55. The normalized spacial score (nSPS) is 23.9. The first-order valence-corrected chi connectivity index (χ1v) is 8.44. The number of hydrogen-bond donors (Lipinski definition) is 1. The van der Waals surface area contributed by atoms with Gasteiger partial charge in [-0.25, -0.2) is 8.42 Å². The predicted octanol–water partition coefficient (Wildman–Crippen LogP) is 1.57. The van der Waals surface area contributed by atoms with Gasteiger partial charge in [0.2, 0.25) is 0 Å². The van der Waals surface area contributed by atoms with Crippen molar-refractivity contribution in [1.82, 2.24) is 4.90 Å². The fourth-order valence-corrected chi connectivity index (χ4v) is 4.70. The molecule has 4 nitrogen and oxygen atoms in total. The van der Waals surface area contributed by atoms with Gasteiger partial charge >= 0.3 is 0 Å². The standard InChI is InChI=1S/C15H21NO3S/c1-2-11-20(18,19)15(13-17)9-6-10-16(15)12-14-7-4-3-5-8-14/h2-5,7-8,17H,1,6,9-13H2/t15-/m0/s1. The molecule has 1 N–H and O–H groups in total. The number of nitrogens with zero attached hydrogens (tertiary/aromatic N) is 1. The first-order valence-electron chi connectivity index (χ1n) is 6.79. The van der Waals surface area contributed by atoms with Crippen LogP contribution in [0.4, 0.5) is 0 Å². The van der Waals surface area contributed by atoms with Crippen LogP contribution in [-0.4, -0.2) is 42.2 Å². The van der Waals surface area contributed by atoms with E-state index < -0.39 is 14.7 Å². The summed E-state index contributed by atoms with van der Waals surface area (Å²) in [5.41, 5.74) is 1.06. The minimum Gasteiger partial charge on any atom is -0.393 e. The molecule has 1 aliphatic rings. The highest BCUT2D eigenvalue weighted by molar-refractivity contribution is 7.92.